The lowest BCUT2D eigenvalue weighted by molar-refractivity contribution is 0.0509. The van der Waals surface area contributed by atoms with Gasteiger partial charge in [0.1, 0.15) is 11.4 Å². The first-order valence-electron chi connectivity index (χ1n) is 12.0. The molecule has 2 heterocycles. The molecule has 2 aromatic rings. The second kappa shape index (κ2) is 10.7. The predicted octanol–water partition coefficient (Wildman–Crippen LogP) is 5.48. The first kappa shape index (κ1) is 24.6. The number of allylic oxidation sites excluding steroid dienone is 4. The van der Waals surface area contributed by atoms with Crippen LogP contribution in [0.4, 0.5) is 0 Å². The van der Waals surface area contributed by atoms with Crippen molar-refractivity contribution in [2.24, 2.45) is 0 Å². The zero-order valence-corrected chi connectivity index (χ0v) is 20.7. The summed E-state index contributed by atoms with van der Waals surface area (Å²) in [7, 11) is 0. The Bertz CT molecular complexity index is 1100. The maximum atomic E-state index is 12.4. The first-order chi connectivity index (χ1) is 15.9. The van der Waals surface area contributed by atoms with Gasteiger partial charge >= 0.3 is 11.9 Å². The van der Waals surface area contributed by atoms with E-state index in [1.54, 1.807) is 0 Å². The van der Waals surface area contributed by atoms with Crippen LogP contribution < -0.4 is 0 Å². The van der Waals surface area contributed by atoms with E-state index in [-0.39, 0.29) is 11.9 Å². The van der Waals surface area contributed by atoms with Crippen molar-refractivity contribution >= 4 is 11.9 Å². The molecule has 0 fully saturated rings. The Hall–Kier alpha value is -3.02. The third-order valence-electron chi connectivity index (χ3n) is 6.50. The highest BCUT2D eigenvalue weighted by Crippen LogP contribution is 2.31. The number of aromatic nitrogens is 2. The van der Waals surface area contributed by atoms with E-state index in [1.807, 2.05) is 27.7 Å². The fourth-order valence-corrected chi connectivity index (χ4v) is 4.83. The number of aromatic amines is 2. The molecule has 0 atom stereocenters. The molecule has 2 aromatic heterocycles. The fourth-order valence-electron chi connectivity index (χ4n) is 4.83. The second-order valence-electron chi connectivity index (χ2n) is 8.40. The molecule has 0 radical (unpaired) electrons. The van der Waals surface area contributed by atoms with Crippen molar-refractivity contribution in [3.63, 3.8) is 0 Å². The Morgan fingerprint density at radius 3 is 1.76 bits per heavy atom. The summed E-state index contributed by atoms with van der Waals surface area (Å²) in [6, 6.07) is 0. The van der Waals surface area contributed by atoms with Crippen LogP contribution in [0.3, 0.4) is 0 Å². The lowest BCUT2D eigenvalue weighted by atomic mass is 9.96. The molecule has 3 rings (SSSR count). The van der Waals surface area contributed by atoms with E-state index in [2.05, 4.69) is 36.0 Å². The van der Waals surface area contributed by atoms with Crippen molar-refractivity contribution in [3.8, 4) is 0 Å². The van der Waals surface area contributed by atoms with Crippen LogP contribution in [0.5, 0.6) is 0 Å². The summed E-state index contributed by atoms with van der Waals surface area (Å²) in [5, 5.41) is 0. The smallest absolute Gasteiger partial charge is 0.355 e. The highest BCUT2D eigenvalue weighted by atomic mass is 16.5. The lowest BCUT2D eigenvalue weighted by Crippen LogP contribution is -2.07. The standard InChI is InChI=1S/C27H36N2O4/c1-7-20-16(5)24(26(30)32-9-3)28-22(20)14-18-12-11-13-19(18)15-23-21(8-2)17(6)25(29-23)27(31)33-10-4/h11-12,28-29H,7-10,13-15H2,1-6H3. The molecule has 2 N–H and O–H groups in total. The third-order valence-corrected chi connectivity index (χ3v) is 6.50. The van der Waals surface area contributed by atoms with Crippen LogP contribution in [0.2, 0.25) is 0 Å². The largest absolute Gasteiger partial charge is 0.461 e. The van der Waals surface area contributed by atoms with Gasteiger partial charge in [0.2, 0.25) is 0 Å². The van der Waals surface area contributed by atoms with Crippen LogP contribution in [0.15, 0.2) is 23.3 Å². The van der Waals surface area contributed by atoms with E-state index >= 15 is 0 Å². The number of carbonyl (C=O) groups is 2. The fraction of sp³-hybridized carbons (Fsp3) is 0.481. The second-order valence-corrected chi connectivity index (χ2v) is 8.40. The van der Waals surface area contributed by atoms with Crippen LogP contribution in [-0.2, 0) is 35.2 Å². The van der Waals surface area contributed by atoms with E-state index in [0.29, 0.717) is 24.6 Å². The van der Waals surface area contributed by atoms with E-state index < -0.39 is 0 Å². The SMILES string of the molecule is CCOC(=O)c1[nH]c(CC2=C(Cc3[nH]c(C(=O)OCC)c(C)c3CC)CC=C2)c(CC)c1C. The molecule has 178 valence electrons. The van der Waals surface area contributed by atoms with Crippen molar-refractivity contribution < 1.29 is 19.1 Å². The Labute approximate surface area is 196 Å². The van der Waals surface area contributed by atoms with Gasteiger partial charge in [-0.2, -0.15) is 0 Å². The van der Waals surface area contributed by atoms with Crippen molar-refractivity contribution in [2.45, 2.75) is 73.6 Å². The Kier molecular flexibility index (Phi) is 8.01. The molecular weight excluding hydrogens is 416 g/mol. The van der Waals surface area contributed by atoms with Gasteiger partial charge in [-0.05, 0) is 74.8 Å². The number of esters is 2. The van der Waals surface area contributed by atoms with Gasteiger partial charge in [-0.1, -0.05) is 31.6 Å². The van der Waals surface area contributed by atoms with E-state index in [9.17, 15) is 9.59 Å². The molecule has 6 heteroatoms. The molecule has 33 heavy (non-hydrogen) atoms. The van der Waals surface area contributed by atoms with Gasteiger partial charge in [-0.3, -0.25) is 0 Å². The van der Waals surface area contributed by atoms with Gasteiger partial charge < -0.3 is 19.4 Å². The molecule has 0 amide bonds. The van der Waals surface area contributed by atoms with Gasteiger partial charge in [0.15, 0.2) is 0 Å². The molecule has 0 unspecified atom stereocenters. The van der Waals surface area contributed by atoms with Gasteiger partial charge in [0.05, 0.1) is 13.2 Å². The first-order valence-corrected chi connectivity index (χ1v) is 12.0. The molecule has 0 bridgehead atoms. The van der Waals surface area contributed by atoms with E-state index in [0.717, 1.165) is 54.6 Å². The lowest BCUT2D eigenvalue weighted by Gasteiger charge is -2.10. The summed E-state index contributed by atoms with van der Waals surface area (Å²) in [5.41, 5.74) is 10.2. The topological polar surface area (TPSA) is 84.2 Å². The molecule has 6 nitrogen and oxygen atoms in total. The molecule has 0 spiro atoms. The van der Waals surface area contributed by atoms with Crippen LogP contribution in [0.1, 0.15) is 88.7 Å². The summed E-state index contributed by atoms with van der Waals surface area (Å²) in [5.74, 6) is -0.594. The average Bonchev–Trinajstić information content (AvgIpc) is 3.44. The minimum Gasteiger partial charge on any atom is -0.461 e. The zero-order chi connectivity index (χ0) is 24.1. The quantitative estimate of drug-likeness (QED) is 0.468. The van der Waals surface area contributed by atoms with E-state index in [4.69, 9.17) is 9.47 Å². The summed E-state index contributed by atoms with van der Waals surface area (Å²) in [6.07, 6.45) is 8.46. The maximum Gasteiger partial charge on any atom is 0.355 e. The molecule has 1 aliphatic carbocycles. The van der Waals surface area contributed by atoms with Gasteiger partial charge in [0, 0.05) is 24.2 Å². The van der Waals surface area contributed by atoms with Crippen LogP contribution >= 0.6 is 0 Å². The summed E-state index contributed by atoms with van der Waals surface area (Å²) < 4.78 is 10.5. The minimum atomic E-state index is -0.298. The maximum absolute atomic E-state index is 12.4. The monoisotopic (exact) mass is 452 g/mol. The number of hydrogen-bond acceptors (Lipinski definition) is 4. The molecule has 0 saturated carbocycles. The van der Waals surface area contributed by atoms with Crippen molar-refractivity contribution in [2.75, 3.05) is 13.2 Å². The number of hydrogen-bond donors (Lipinski definition) is 2. The summed E-state index contributed by atoms with van der Waals surface area (Å²) >= 11 is 0. The predicted molar refractivity (Wildman–Crippen MR) is 130 cm³/mol. The number of nitrogens with one attached hydrogen (secondary N) is 2. The number of ether oxygens (including phenoxy) is 2. The van der Waals surface area contributed by atoms with Crippen LogP contribution in [-0.4, -0.2) is 35.1 Å². The van der Waals surface area contributed by atoms with Gasteiger partial charge in [-0.25, -0.2) is 9.59 Å². The van der Waals surface area contributed by atoms with Gasteiger partial charge in [-0.15, -0.1) is 0 Å². The Morgan fingerprint density at radius 1 is 0.818 bits per heavy atom. The van der Waals surface area contributed by atoms with Crippen molar-refractivity contribution in [1.82, 2.24) is 9.97 Å². The normalized spacial score (nSPS) is 13.2. The number of carbonyl (C=O) groups excluding carboxylic acids is 2. The van der Waals surface area contributed by atoms with Crippen LogP contribution in [0.25, 0.3) is 0 Å². The highest BCUT2D eigenvalue weighted by molar-refractivity contribution is 5.90. The molecule has 0 aromatic carbocycles. The minimum absolute atomic E-state index is 0.296. The Morgan fingerprint density at radius 2 is 1.30 bits per heavy atom. The molecule has 1 aliphatic rings. The molecular formula is C27H36N2O4. The molecule has 0 aliphatic heterocycles. The molecule has 0 saturated heterocycles. The zero-order valence-electron chi connectivity index (χ0n) is 20.7. The van der Waals surface area contributed by atoms with Crippen LogP contribution in [0, 0.1) is 13.8 Å². The highest BCUT2D eigenvalue weighted by Gasteiger charge is 2.23. The average molecular weight is 453 g/mol. The van der Waals surface area contributed by atoms with E-state index in [1.165, 1.54) is 22.3 Å². The van der Waals surface area contributed by atoms with Gasteiger partial charge in [0.25, 0.3) is 0 Å². The number of H-pyrrole nitrogens is 2. The van der Waals surface area contributed by atoms with Crippen molar-refractivity contribution in [3.05, 3.63) is 68.3 Å². The number of rotatable bonds is 10. The van der Waals surface area contributed by atoms with Crippen molar-refractivity contribution in [1.29, 1.82) is 0 Å². The summed E-state index contributed by atoms with van der Waals surface area (Å²) in [6.45, 7) is 12.5. The third kappa shape index (κ3) is 5.00. The Balaban J connectivity index is 1.91. The summed E-state index contributed by atoms with van der Waals surface area (Å²) in [4.78, 5) is 31.5.